The number of carbonyl (C=O) groups is 2. The minimum atomic E-state index is -0.392. The summed E-state index contributed by atoms with van der Waals surface area (Å²) in [5.41, 5.74) is 5.12. The lowest BCUT2D eigenvalue weighted by Gasteiger charge is -2.39. The molecule has 0 saturated carbocycles. The van der Waals surface area contributed by atoms with Crippen molar-refractivity contribution >= 4 is 40.6 Å². The Morgan fingerprint density at radius 1 is 0.929 bits per heavy atom. The van der Waals surface area contributed by atoms with Crippen LogP contribution < -0.4 is 4.90 Å². The number of anilines is 1. The zero-order valence-electron chi connectivity index (χ0n) is 15.9. The number of carbonyl (C=O) groups excluding carboxylic acids is 2. The predicted molar refractivity (Wildman–Crippen MR) is 113 cm³/mol. The van der Waals surface area contributed by atoms with Crippen molar-refractivity contribution in [2.45, 2.75) is 45.4 Å². The van der Waals surface area contributed by atoms with Crippen LogP contribution >= 0.6 is 23.2 Å². The molecule has 1 unspecified atom stereocenters. The summed E-state index contributed by atoms with van der Waals surface area (Å²) >= 11 is 12.9. The highest BCUT2D eigenvalue weighted by Gasteiger charge is 2.41. The molecule has 0 spiro atoms. The van der Waals surface area contributed by atoms with E-state index in [0.29, 0.717) is 34.0 Å². The van der Waals surface area contributed by atoms with Crippen molar-refractivity contribution in [3.8, 4) is 0 Å². The summed E-state index contributed by atoms with van der Waals surface area (Å²) in [6.45, 7) is 4.00. The Morgan fingerprint density at radius 2 is 1.54 bits per heavy atom. The number of rotatable bonds is 2. The first kappa shape index (κ1) is 19.2. The van der Waals surface area contributed by atoms with Crippen LogP contribution in [0.2, 0.25) is 10.0 Å². The lowest BCUT2D eigenvalue weighted by molar-refractivity contribution is -0.119. The maximum Gasteiger partial charge on any atom is 0.232 e. The number of hydrogen-bond acceptors (Lipinski definition) is 2. The molecular formula is C23H21Cl2NO2. The predicted octanol–water partition coefficient (Wildman–Crippen LogP) is 6.14. The molecule has 144 valence electrons. The van der Waals surface area contributed by atoms with Gasteiger partial charge < -0.3 is 0 Å². The minimum Gasteiger partial charge on any atom is -0.294 e. The second kappa shape index (κ2) is 7.38. The Labute approximate surface area is 174 Å². The van der Waals surface area contributed by atoms with Crippen LogP contribution in [-0.2, 0) is 9.59 Å². The summed E-state index contributed by atoms with van der Waals surface area (Å²) in [4.78, 5) is 28.1. The van der Waals surface area contributed by atoms with Crippen LogP contribution in [0.15, 0.2) is 47.7 Å². The molecule has 0 fully saturated rings. The molecule has 5 heteroatoms. The topological polar surface area (TPSA) is 37.4 Å². The Kier molecular flexibility index (Phi) is 5.07. The van der Waals surface area contributed by atoms with Crippen LogP contribution in [0.4, 0.5) is 5.69 Å². The van der Waals surface area contributed by atoms with Crippen molar-refractivity contribution in [1.82, 2.24) is 0 Å². The summed E-state index contributed by atoms with van der Waals surface area (Å²) in [5.74, 6) is -0.324. The molecule has 1 heterocycles. The summed E-state index contributed by atoms with van der Waals surface area (Å²) < 4.78 is 0. The molecular weight excluding hydrogens is 393 g/mol. The number of aryl methyl sites for hydroxylation is 2. The van der Waals surface area contributed by atoms with Gasteiger partial charge in [-0.15, -0.1) is 0 Å². The molecule has 2 aromatic rings. The lowest BCUT2D eigenvalue weighted by Crippen LogP contribution is -2.41. The molecule has 0 aromatic heterocycles. The van der Waals surface area contributed by atoms with Gasteiger partial charge in [0.15, 0.2) is 5.78 Å². The number of Topliss-reactive ketones (excluding diaryl/α,β-unsaturated/α-hetero) is 1. The van der Waals surface area contributed by atoms with Gasteiger partial charge >= 0.3 is 0 Å². The molecule has 0 saturated heterocycles. The Hall–Kier alpha value is -2.10. The number of amides is 1. The van der Waals surface area contributed by atoms with Crippen LogP contribution in [0.1, 0.15) is 48.3 Å². The van der Waals surface area contributed by atoms with E-state index >= 15 is 0 Å². The third-order valence-electron chi connectivity index (χ3n) is 5.69. The van der Waals surface area contributed by atoms with E-state index in [9.17, 15) is 9.59 Å². The fourth-order valence-corrected chi connectivity index (χ4v) is 5.16. The van der Waals surface area contributed by atoms with E-state index in [2.05, 4.69) is 0 Å². The number of allylic oxidation sites excluding steroid dienone is 2. The van der Waals surface area contributed by atoms with Gasteiger partial charge in [-0.2, -0.15) is 0 Å². The van der Waals surface area contributed by atoms with Crippen molar-refractivity contribution in [2.24, 2.45) is 0 Å². The normalized spacial score (nSPS) is 19.9. The number of ketones is 1. The highest BCUT2D eigenvalue weighted by molar-refractivity contribution is 6.36. The molecule has 1 atom stereocenters. The fraction of sp³-hybridized carbons (Fsp3) is 0.304. The molecule has 1 amide bonds. The van der Waals surface area contributed by atoms with Gasteiger partial charge in [-0.05, 0) is 55.5 Å². The van der Waals surface area contributed by atoms with E-state index < -0.39 is 5.92 Å². The first-order valence-electron chi connectivity index (χ1n) is 9.49. The molecule has 0 N–H and O–H groups in total. The molecule has 0 radical (unpaired) electrons. The zero-order valence-corrected chi connectivity index (χ0v) is 17.4. The summed E-state index contributed by atoms with van der Waals surface area (Å²) in [6, 6.07) is 11.3. The maximum atomic E-state index is 13.4. The second-order valence-electron chi connectivity index (χ2n) is 7.50. The number of nitrogens with zero attached hydrogens (tertiary/aromatic N) is 1. The lowest BCUT2D eigenvalue weighted by atomic mass is 9.77. The third kappa shape index (κ3) is 3.07. The number of halogens is 2. The minimum absolute atomic E-state index is 0.0214. The van der Waals surface area contributed by atoms with Crippen molar-refractivity contribution in [1.29, 1.82) is 0 Å². The third-order valence-corrected chi connectivity index (χ3v) is 6.35. The first-order chi connectivity index (χ1) is 13.4. The number of benzene rings is 2. The van der Waals surface area contributed by atoms with Crippen LogP contribution in [-0.4, -0.2) is 11.7 Å². The summed E-state index contributed by atoms with van der Waals surface area (Å²) in [7, 11) is 0. The van der Waals surface area contributed by atoms with E-state index in [1.807, 2.05) is 32.0 Å². The van der Waals surface area contributed by atoms with Crippen LogP contribution in [0.3, 0.4) is 0 Å². The molecule has 1 aliphatic heterocycles. The maximum absolute atomic E-state index is 13.4. The molecule has 3 nitrogen and oxygen atoms in total. The molecule has 2 aliphatic rings. The van der Waals surface area contributed by atoms with Gasteiger partial charge in [-0.25, -0.2) is 0 Å². The summed E-state index contributed by atoms with van der Waals surface area (Å²) in [5, 5.41) is 0.993. The van der Waals surface area contributed by atoms with E-state index in [1.165, 1.54) is 0 Å². The molecule has 0 bridgehead atoms. The van der Waals surface area contributed by atoms with E-state index in [0.717, 1.165) is 28.9 Å². The largest absolute Gasteiger partial charge is 0.294 e. The highest BCUT2D eigenvalue weighted by atomic mass is 35.5. The van der Waals surface area contributed by atoms with Gasteiger partial charge in [0.1, 0.15) is 0 Å². The SMILES string of the molecule is Cc1cccc(C)c1N1C(=O)CC(c2c(Cl)cccc2Cl)C2=C1CCCC2=O. The van der Waals surface area contributed by atoms with Crippen LogP contribution in [0.25, 0.3) is 0 Å². The Morgan fingerprint density at radius 3 is 2.18 bits per heavy atom. The average Bonchev–Trinajstić information content (AvgIpc) is 2.63. The molecule has 4 rings (SSSR count). The molecule has 2 aromatic carbocycles. The van der Waals surface area contributed by atoms with Crippen LogP contribution in [0, 0.1) is 13.8 Å². The zero-order chi connectivity index (χ0) is 20.0. The number of hydrogen-bond donors (Lipinski definition) is 0. The van der Waals surface area contributed by atoms with Crippen molar-refractivity contribution in [2.75, 3.05) is 4.90 Å². The van der Waals surface area contributed by atoms with Gasteiger partial charge in [0.25, 0.3) is 0 Å². The first-order valence-corrected chi connectivity index (χ1v) is 10.2. The monoisotopic (exact) mass is 413 g/mol. The van der Waals surface area contributed by atoms with Gasteiger partial charge in [0.2, 0.25) is 5.91 Å². The van der Waals surface area contributed by atoms with Gasteiger partial charge in [0, 0.05) is 40.1 Å². The van der Waals surface area contributed by atoms with Gasteiger partial charge in [-0.1, -0.05) is 47.5 Å². The highest BCUT2D eigenvalue weighted by Crippen LogP contribution is 2.47. The summed E-state index contributed by atoms with van der Waals surface area (Å²) in [6.07, 6.45) is 2.11. The van der Waals surface area contributed by atoms with E-state index in [4.69, 9.17) is 23.2 Å². The average molecular weight is 414 g/mol. The molecule has 1 aliphatic carbocycles. The molecule has 28 heavy (non-hydrogen) atoms. The quantitative estimate of drug-likeness (QED) is 0.592. The van der Waals surface area contributed by atoms with Crippen molar-refractivity contribution < 1.29 is 9.59 Å². The van der Waals surface area contributed by atoms with Gasteiger partial charge in [0.05, 0.1) is 5.69 Å². The van der Waals surface area contributed by atoms with Crippen molar-refractivity contribution in [3.05, 3.63) is 74.4 Å². The van der Waals surface area contributed by atoms with Crippen LogP contribution in [0.5, 0.6) is 0 Å². The van der Waals surface area contributed by atoms with E-state index in [1.54, 1.807) is 23.1 Å². The fourth-order valence-electron chi connectivity index (χ4n) is 4.50. The van der Waals surface area contributed by atoms with E-state index in [-0.39, 0.29) is 18.1 Å². The standard InChI is InChI=1S/C23H21Cl2NO2/c1-13-6-3-7-14(2)23(13)26-18-10-5-11-19(27)22(18)15(12-20(26)28)21-16(24)8-4-9-17(21)25/h3-4,6-9,15H,5,10-12H2,1-2H3. The van der Waals surface area contributed by atoms with Crippen molar-refractivity contribution in [3.63, 3.8) is 0 Å². The second-order valence-corrected chi connectivity index (χ2v) is 8.31. The Balaban J connectivity index is 1.96. The smallest absolute Gasteiger partial charge is 0.232 e. The van der Waals surface area contributed by atoms with Gasteiger partial charge in [-0.3, -0.25) is 14.5 Å². The number of para-hydroxylation sites is 1. The Bertz CT molecular complexity index is 985.